The fourth-order valence-corrected chi connectivity index (χ4v) is 2.84. The molecule has 19 heavy (non-hydrogen) atoms. The molecule has 2 nitrogen and oxygen atoms in total. The largest absolute Gasteiger partial charge is 0.508 e. The lowest BCUT2D eigenvalue weighted by Crippen LogP contribution is -2.25. The minimum Gasteiger partial charge on any atom is -0.508 e. The van der Waals surface area contributed by atoms with E-state index in [2.05, 4.69) is 31.3 Å². The maximum Gasteiger partial charge on any atom is 0.115 e. The Hall–Kier alpha value is -1.32. The molecule has 0 saturated carbocycles. The molecule has 102 valence electrons. The van der Waals surface area contributed by atoms with E-state index >= 15 is 0 Å². The lowest BCUT2D eigenvalue weighted by Gasteiger charge is -2.13. The van der Waals surface area contributed by atoms with Crippen LogP contribution in [0.1, 0.15) is 28.7 Å². The van der Waals surface area contributed by atoms with Gasteiger partial charge in [0.25, 0.3) is 0 Å². The summed E-state index contributed by atoms with van der Waals surface area (Å²) in [5.74, 6) is 0.336. The molecule has 0 spiro atoms. The SMILES string of the molecule is Cc1ccc(CNC(C)CCc2ccc(O)cc2)s1. The highest BCUT2D eigenvalue weighted by Crippen LogP contribution is 2.15. The molecule has 0 amide bonds. The van der Waals surface area contributed by atoms with Gasteiger partial charge in [-0.3, -0.25) is 0 Å². The number of hydrogen-bond acceptors (Lipinski definition) is 3. The highest BCUT2D eigenvalue weighted by atomic mass is 32.1. The number of aromatic hydroxyl groups is 1. The van der Waals surface area contributed by atoms with E-state index in [1.807, 2.05) is 23.5 Å². The molecule has 3 heteroatoms. The maximum atomic E-state index is 9.24. The number of rotatable bonds is 6. The van der Waals surface area contributed by atoms with Crippen LogP contribution in [0.2, 0.25) is 0 Å². The summed E-state index contributed by atoms with van der Waals surface area (Å²) in [6.45, 7) is 5.32. The van der Waals surface area contributed by atoms with Crippen molar-refractivity contribution in [3.63, 3.8) is 0 Å². The molecule has 1 aromatic heterocycles. The van der Waals surface area contributed by atoms with Crippen molar-refractivity contribution >= 4 is 11.3 Å². The second kappa shape index (κ2) is 6.73. The average molecular weight is 275 g/mol. The van der Waals surface area contributed by atoms with E-state index < -0.39 is 0 Å². The lowest BCUT2D eigenvalue weighted by atomic mass is 10.1. The van der Waals surface area contributed by atoms with Crippen molar-refractivity contribution in [3.05, 3.63) is 51.7 Å². The molecular weight excluding hydrogens is 254 g/mol. The highest BCUT2D eigenvalue weighted by Gasteiger charge is 2.03. The molecule has 1 unspecified atom stereocenters. The smallest absolute Gasteiger partial charge is 0.115 e. The van der Waals surface area contributed by atoms with E-state index in [1.165, 1.54) is 15.3 Å². The highest BCUT2D eigenvalue weighted by molar-refractivity contribution is 7.11. The zero-order valence-corrected chi connectivity index (χ0v) is 12.3. The van der Waals surface area contributed by atoms with Crippen molar-refractivity contribution in [2.45, 2.75) is 39.3 Å². The van der Waals surface area contributed by atoms with Gasteiger partial charge in [0, 0.05) is 22.3 Å². The standard InChI is InChI=1S/C16H21NOS/c1-12(17-11-16-10-4-13(2)19-16)3-5-14-6-8-15(18)9-7-14/h4,6-10,12,17-18H,3,5,11H2,1-2H3. The van der Waals surface area contributed by atoms with Crippen LogP contribution in [0, 0.1) is 6.92 Å². The summed E-state index contributed by atoms with van der Waals surface area (Å²) in [7, 11) is 0. The Morgan fingerprint density at radius 1 is 1.16 bits per heavy atom. The fraction of sp³-hybridized carbons (Fsp3) is 0.375. The molecule has 0 aliphatic rings. The summed E-state index contributed by atoms with van der Waals surface area (Å²) < 4.78 is 0. The fourth-order valence-electron chi connectivity index (χ4n) is 2.00. The van der Waals surface area contributed by atoms with Crippen LogP contribution in [-0.4, -0.2) is 11.1 Å². The van der Waals surface area contributed by atoms with Gasteiger partial charge in [0.05, 0.1) is 0 Å². The van der Waals surface area contributed by atoms with Gasteiger partial charge < -0.3 is 10.4 Å². The van der Waals surface area contributed by atoms with Crippen molar-refractivity contribution in [2.24, 2.45) is 0 Å². The molecule has 0 aliphatic carbocycles. The Balaban J connectivity index is 1.72. The molecule has 2 rings (SSSR count). The zero-order chi connectivity index (χ0) is 13.7. The molecule has 1 aromatic carbocycles. The van der Waals surface area contributed by atoms with Crippen molar-refractivity contribution < 1.29 is 5.11 Å². The molecule has 1 atom stereocenters. The summed E-state index contributed by atoms with van der Waals surface area (Å²) in [5, 5.41) is 12.8. The van der Waals surface area contributed by atoms with Crippen molar-refractivity contribution in [2.75, 3.05) is 0 Å². The molecule has 2 N–H and O–H groups in total. The average Bonchev–Trinajstić information content (AvgIpc) is 2.81. The van der Waals surface area contributed by atoms with E-state index in [-0.39, 0.29) is 0 Å². The molecule has 0 aliphatic heterocycles. The first-order valence-corrected chi connectivity index (χ1v) is 7.52. The molecular formula is C16H21NOS. The van der Waals surface area contributed by atoms with Gasteiger partial charge in [-0.25, -0.2) is 0 Å². The van der Waals surface area contributed by atoms with Gasteiger partial charge in [0.1, 0.15) is 5.75 Å². The van der Waals surface area contributed by atoms with Gasteiger partial charge in [0.2, 0.25) is 0 Å². The van der Waals surface area contributed by atoms with E-state index in [0.717, 1.165) is 19.4 Å². The first-order chi connectivity index (χ1) is 9.13. The van der Waals surface area contributed by atoms with Crippen LogP contribution in [0.5, 0.6) is 5.75 Å². The Morgan fingerprint density at radius 3 is 2.53 bits per heavy atom. The minimum atomic E-state index is 0.336. The number of hydrogen-bond donors (Lipinski definition) is 2. The van der Waals surface area contributed by atoms with Crippen molar-refractivity contribution in [1.29, 1.82) is 0 Å². The van der Waals surface area contributed by atoms with Crippen molar-refractivity contribution in [1.82, 2.24) is 5.32 Å². The number of phenols is 1. The third-order valence-corrected chi connectivity index (χ3v) is 4.22. The van der Waals surface area contributed by atoms with Crippen LogP contribution in [0.3, 0.4) is 0 Å². The zero-order valence-electron chi connectivity index (χ0n) is 11.5. The normalized spacial score (nSPS) is 12.5. The predicted molar refractivity (Wildman–Crippen MR) is 81.8 cm³/mol. The van der Waals surface area contributed by atoms with E-state index in [0.29, 0.717) is 11.8 Å². The third-order valence-electron chi connectivity index (χ3n) is 3.22. The Bertz CT molecular complexity index is 504. The summed E-state index contributed by atoms with van der Waals surface area (Å²) >= 11 is 1.86. The number of aryl methyl sites for hydroxylation is 2. The van der Waals surface area contributed by atoms with E-state index in [1.54, 1.807) is 12.1 Å². The molecule has 2 aromatic rings. The van der Waals surface area contributed by atoms with Crippen LogP contribution in [0.4, 0.5) is 0 Å². The van der Waals surface area contributed by atoms with Crippen LogP contribution in [0.15, 0.2) is 36.4 Å². The van der Waals surface area contributed by atoms with Gasteiger partial charge in [-0.1, -0.05) is 12.1 Å². The Morgan fingerprint density at radius 2 is 1.89 bits per heavy atom. The quantitative estimate of drug-likeness (QED) is 0.838. The van der Waals surface area contributed by atoms with Crippen molar-refractivity contribution in [3.8, 4) is 5.75 Å². The predicted octanol–water partition coefficient (Wildman–Crippen LogP) is 3.87. The van der Waals surface area contributed by atoms with Gasteiger partial charge >= 0.3 is 0 Å². The first-order valence-electron chi connectivity index (χ1n) is 6.70. The summed E-state index contributed by atoms with van der Waals surface area (Å²) in [6.07, 6.45) is 2.15. The lowest BCUT2D eigenvalue weighted by molar-refractivity contribution is 0.474. The van der Waals surface area contributed by atoms with Gasteiger partial charge in [-0.2, -0.15) is 0 Å². The summed E-state index contributed by atoms with van der Waals surface area (Å²) in [4.78, 5) is 2.77. The van der Waals surface area contributed by atoms with Crippen LogP contribution in [-0.2, 0) is 13.0 Å². The summed E-state index contributed by atoms with van der Waals surface area (Å²) in [5.41, 5.74) is 1.28. The molecule has 1 heterocycles. The number of phenolic OH excluding ortho intramolecular Hbond substituents is 1. The minimum absolute atomic E-state index is 0.336. The summed E-state index contributed by atoms with van der Waals surface area (Å²) in [6, 6.07) is 12.3. The first kappa shape index (κ1) is 14.1. The second-order valence-electron chi connectivity index (χ2n) is 5.00. The molecule has 0 bridgehead atoms. The van der Waals surface area contributed by atoms with E-state index in [9.17, 15) is 5.11 Å². The van der Waals surface area contributed by atoms with Gasteiger partial charge in [-0.15, -0.1) is 11.3 Å². The molecule has 0 saturated heterocycles. The number of benzene rings is 1. The molecule has 0 fully saturated rings. The maximum absolute atomic E-state index is 9.24. The topological polar surface area (TPSA) is 32.3 Å². The Labute approximate surface area is 119 Å². The van der Waals surface area contributed by atoms with Gasteiger partial charge in [0.15, 0.2) is 0 Å². The van der Waals surface area contributed by atoms with Crippen LogP contribution in [0.25, 0.3) is 0 Å². The third kappa shape index (κ3) is 4.69. The van der Waals surface area contributed by atoms with Crippen LogP contribution < -0.4 is 5.32 Å². The Kier molecular flexibility index (Phi) is 5.00. The van der Waals surface area contributed by atoms with E-state index in [4.69, 9.17) is 0 Å². The number of thiophene rings is 1. The molecule has 0 radical (unpaired) electrons. The second-order valence-corrected chi connectivity index (χ2v) is 6.37. The number of nitrogens with one attached hydrogen (secondary N) is 1. The van der Waals surface area contributed by atoms with Gasteiger partial charge in [-0.05, 0) is 56.5 Å². The monoisotopic (exact) mass is 275 g/mol. The van der Waals surface area contributed by atoms with Crippen LogP contribution >= 0.6 is 11.3 Å².